The number of carbonyl (C=O) groups excluding carboxylic acids is 1. The van der Waals surface area contributed by atoms with Gasteiger partial charge in [-0.2, -0.15) is 15.6 Å². The molecule has 1 amide bonds. The Labute approximate surface area is 132 Å². The lowest BCUT2D eigenvalue weighted by molar-refractivity contribution is -0.130. The molecule has 0 saturated carbocycles. The standard InChI is InChI=1S/C13H16N2O3S3/c1-14(8-11-5-7-19-10-11)12(16)9-15(2)21(17,18)13-4-3-6-20-13/h3-7,10H,8-9H2,1-2H3. The summed E-state index contributed by atoms with van der Waals surface area (Å²) >= 11 is 2.71. The van der Waals surface area contributed by atoms with Crippen LogP contribution in [0, 0.1) is 0 Å². The van der Waals surface area contributed by atoms with Crippen molar-refractivity contribution >= 4 is 38.6 Å². The number of nitrogens with zero attached hydrogens (tertiary/aromatic N) is 2. The third-order valence-electron chi connectivity index (χ3n) is 2.94. The van der Waals surface area contributed by atoms with E-state index in [0.29, 0.717) is 6.54 Å². The minimum atomic E-state index is -3.58. The van der Waals surface area contributed by atoms with Crippen LogP contribution in [0.4, 0.5) is 0 Å². The number of rotatable bonds is 6. The predicted octanol–water partition coefficient (Wildman–Crippen LogP) is 2.09. The third-order valence-corrected chi connectivity index (χ3v) is 6.85. The molecule has 0 N–H and O–H groups in total. The molecule has 8 heteroatoms. The summed E-state index contributed by atoms with van der Waals surface area (Å²) in [6, 6.07) is 5.16. The summed E-state index contributed by atoms with van der Waals surface area (Å²) in [7, 11) is -0.486. The molecule has 2 aromatic heterocycles. The van der Waals surface area contributed by atoms with Gasteiger partial charge in [-0.3, -0.25) is 4.79 Å². The Hall–Kier alpha value is -1.22. The number of sulfonamides is 1. The number of hydrogen-bond acceptors (Lipinski definition) is 5. The first-order valence-corrected chi connectivity index (χ1v) is 9.42. The van der Waals surface area contributed by atoms with Gasteiger partial charge in [0, 0.05) is 20.6 Å². The van der Waals surface area contributed by atoms with Gasteiger partial charge in [-0.05, 0) is 33.8 Å². The number of carbonyl (C=O) groups is 1. The highest BCUT2D eigenvalue weighted by Crippen LogP contribution is 2.19. The third kappa shape index (κ3) is 3.91. The molecule has 0 aliphatic rings. The Morgan fingerprint density at radius 1 is 1.24 bits per heavy atom. The Balaban J connectivity index is 1.99. The van der Waals surface area contributed by atoms with Crippen molar-refractivity contribution < 1.29 is 13.2 Å². The van der Waals surface area contributed by atoms with E-state index in [9.17, 15) is 13.2 Å². The quantitative estimate of drug-likeness (QED) is 0.806. The molecule has 0 bridgehead atoms. The smallest absolute Gasteiger partial charge is 0.252 e. The van der Waals surface area contributed by atoms with Crippen LogP contribution in [0.5, 0.6) is 0 Å². The number of hydrogen-bond donors (Lipinski definition) is 0. The largest absolute Gasteiger partial charge is 0.340 e. The maximum absolute atomic E-state index is 12.2. The van der Waals surface area contributed by atoms with Crippen LogP contribution in [0.1, 0.15) is 5.56 Å². The highest BCUT2D eigenvalue weighted by Gasteiger charge is 2.25. The molecular formula is C13H16N2O3S3. The van der Waals surface area contributed by atoms with Gasteiger partial charge in [0.1, 0.15) is 4.21 Å². The lowest BCUT2D eigenvalue weighted by atomic mass is 10.3. The number of amides is 1. The SMILES string of the molecule is CN(Cc1ccsc1)C(=O)CN(C)S(=O)(=O)c1cccs1. The Morgan fingerprint density at radius 2 is 2.00 bits per heavy atom. The van der Waals surface area contributed by atoms with E-state index in [0.717, 1.165) is 21.2 Å². The number of likely N-dealkylation sites (N-methyl/N-ethyl adjacent to an activating group) is 2. The molecule has 0 unspecified atom stereocenters. The summed E-state index contributed by atoms with van der Waals surface area (Å²) in [5.74, 6) is -0.233. The first kappa shape index (κ1) is 16.2. The van der Waals surface area contributed by atoms with Crippen molar-refractivity contribution in [1.29, 1.82) is 0 Å². The van der Waals surface area contributed by atoms with Crippen LogP contribution in [0.15, 0.2) is 38.5 Å². The molecule has 2 aromatic rings. The molecule has 2 rings (SSSR count). The summed E-state index contributed by atoms with van der Waals surface area (Å²) in [6.07, 6.45) is 0. The molecule has 0 aromatic carbocycles. The minimum absolute atomic E-state index is 0.166. The second-order valence-electron chi connectivity index (χ2n) is 4.57. The van der Waals surface area contributed by atoms with Gasteiger partial charge in [-0.1, -0.05) is 6.07 Å². The van der Waals surface area contributed by atoms with Gasteiger partial charge in [0.05, 0.1) is 6.54 Å². The molecule has 0 aliphatic carbocycles. The molecule has 114 valence electrons. The van der Waals surface area contributed by atoms with Crippen LogP contribution in [0.25, 0.3) is 0 Å². The van der Waals surface area contributed by atoms with Crippen LogP contribution < -0.4 is 0 Å². The van der Waals surface area contributed by atoms with E-state index < -0.39 is 10.0 Å². The Kier molecular flexibility index (Phi) is 5.15. The molecule has 21 heavy (non-hydrogen) atoms. The first-order valence-electron chi connectivity index (χ1n) is 6.16. The van der Waals surface area contributed by atoms with Gasteiger partial charge in [-0.15, -0.1) is 11.3 Å². The molecule has 0 spiro atoms. The van der Waals surface area contributed by atoms with E-state index in [1.165, 1.54) is 18.0 Å². The van der Waals surface area contributed by atoms with Crippen LogP contribution in [0.2, 0.25) is 0 Å². The fraction of sp³-hybridized carbons (Fsp3) is 0.308. The Bertz CT molecular complexity index is 678. The molecule has 2 heterocycles. The molecule has 0 atom stereocenters. The van der Waals surface area contributed by atoms with E-state index in [2.05, 4.69) is 0 Å². The van der Waals surface area contributed by atoms with Gasteiger partial charge in [0.25, 0.3) is 10.0 Å². The fourth-order valence-corrected chi connectivity index (χ4v) is 4.69. The number of thiophene rings is 2. The second kappa shape index (κ2) is 6.69. The van der Waals surface area contributed by atoms with E-state index in [1.807, 2.05) is 16.8 Å². The topological polar surface area (TPSA) is 57.7 Å². The average Bonchev–Trinajstić information content (AvgIpc) is 3.11. The van der Waals surface area contributed by atoms with Crippen molar-refractivity contribution in [2.45, 2.75) is 10.8 Å². The van der Waals surface area contributed by atoms with Crippen molar-refractivity contribution in [3.05, 3.63) is 39.9 Å². The first-order chi connectivity index (χ1) is 9.91. The van der Waals surface area contributed by atoms with Crippen molar-refractivity contribution in [1.82, 2.24) is 9.21 Å². The highest BCUT2D eigenvalue weighted by atomic mass is 32.2. The summed E-state index contributed by atoms with van der Waals surface area (Å²) in [5, 5.41) is 5.61. The molecule has 0 fully saturated rings. The van der Waals surface area contributed by atoms with Crippen LogP contribution in [-0.2, 0) is 21.4 Å². The molecular weight excluding hydrogens is 328 g/mol. The van der Waals surface area contributed by atoms with E-state index in [1.54, 1.807) is 29.8 Å². The molecule has 0 saturated heterocycles. The normalized spacial score (nSPS) is 11.8. The van der Waals surface area contributed by atoms with Crippen LogP contribution >= 0.6 is 22.7 Å². The fourth-order valence-electron chi connectivity index (χ4n) is 1.70. The average molecular weight is 344 g/mol. The maximum atomic E-state index is 12.2. The van der Waals surface area contributed by atoms with Crippen molar-refractivity contribution in [2.75, 3.05) is 20.6 Å². The van der Waals surface area contributed by atoms with Gasteiger partial charge >= 0.3 is 0 Å². The maximum Gasteiger partial charge on any atom is 0.252 e. The zero-order chi connectivity index (χ0) is 15.5. The summed E-state index contributed by atoms with van der Waals surface area (Å²) in [6.45, 7) is 0.316. The summed E-state index contributed by atoms with van der Waals surface area (Å²) in [5.41, 5.74) is 1.04. The van der Waals surface area contributed by atoms with Crippen molar-refractivity contribution in [3.63, 3.8) is 0 Å². The second-order valence-corrected chi connectivity index (χ2v) is 8.57. The Morgan fingerprint density at radius 3 is 2.57 bits per heavy atom. The van der Waals surface area contributed by atoms with Crippen molar-refractivity contribution in [2.24, 2.45) is 0 Å². The minimum Gasteiger partial charge on any atom is -0.340 e. The molecule has 0 aliphatic heterocycles. The van der Waals surface area contributed by atoms with Crippen LogP contribution in [-0.4, -0.2) is 44.2 Å². The molecule has 0 radical (unpaired) electrons. The summed E-state index contributed by atoms with van der Waals surface area (Å²) < 4.78 is 25.8. The van der Waals surface area contributed by atoms with Crippen molar-refractivity contribution in [3.8, 4) is 0 Å². The zero-order valence-corrected chi connectivity index (χ0v) is 14.2. The lowest BCUT2D eigenvalue weighted by Gasteiger charge is -2.21. The lowest BCUT2D eigenvalue weighted by Crippen LogP contribution is -2.38. The molecule has 5 nitrogen and oxygen atoms in total. The van der Waals surface area contributed by atoms with Gasteiger partial charge < -0.3 is 4.90 Å². The van der Waals surface area contributed by atoms with E-state index >= 15 is 0 Å². The van der Waals surface area contributed by atoms with E-state index in [4.69, 9.17) is 0 Å². The van der Waals surface area contributed by atoms with Gasteiger partial charge in [-0.25, -0.2) is 8.42 Å². The van der Waals surface area contributed by atoms with Crippen LogP contribution in [0.3, 0.4) is 0 Å². The summed E-state index contributed by atoms with van der Waals surface area (Å²) in [4.78, 5) is 13.7. The van der Waals surface area contributed by atoms with E-state index in [-0.39, 0.29) is 16.7 Å². The van der Waals surface area contributed by atoms with Gasteiger partial charge in [0.15, 0.2) is 0 Å². The highest BCUT2D eigenvalue weighted by molar-refractivity contribution is 7.91. The zero-order valence-electron chi connectivity index (χ0n) is 11.7. The van der Waals surface area contributed by atoms with Gasteiger partial charge in [0.2, 0.25) is 5.91 Å². The monoisotopic (exact) mass is 344 g/mol. The predicted molar refractivity (Wildman–Crippen MR) is 84.9 cm³/mol.